The number of amides is 1. The summed E-state index contributed by atoms with van der Waals surface area (Å²) in [5.74, 6) is -0.0635. The SMILES string of the molecule is CN(C1CCN(c2cc(Cl)cc3[nH]ncc23)CC1(C)C)S(C)(=O)=O.CNC(=O)c1ccc(N2CCN(c3cc(Cl)cc4[nH]ncc34)CC2)cc1. The Hall–Kier alpha value is -4.04. The van der Waals surface area contributed by atoms with Crippen molar-refractivity contribution in [2.45, 2.75) is 26.3 Å². The van der Waals surface area contributed by atoms with Gasteiger partial charge in [0, 0.05) is 103 Å². The van der Waals surface area contributed by atoms with E-state index in [1.165, 1.54) is 10.6 Å². The summed E-state index contributed by atoms with van der Waals surface area (Å²) in [6.45, 7) is 9.37. The lowest BCUT2D eigenvalue weighted by atomic mass is 9.79. The number of halogens is 2. The van der Waals surface area contributed by atoms with Gasteiger partial charge in [-0.1, -0.05) is 37.0 Å². The summed E-state index contributed by atoms with van der Waals surface area (Å²) < 4.78 is 25.4. The fourth-order valence-electron chi connectivity index (χ4n) is 7.15. The van der Waals surface area contributed by atoms with Gasteiger partial charge in [0.1, 0.15) is 0 Å². The largest absolute Gasteiger partial charge is 0.370 e. The van der Waals surface area contributed by atoms with Crippen molar-refractivity contribution in [1.82, 2.24) is 30.0 Å². The number of sulfonamides is 1. The summed E-state index contributed by atoms with van der Waals surface area (Å²) in [6.07, 6.45) is 5.69. The second kappa shape index (κ2) is 14.3. The lowest BCUT2D eigenvalue weighted by Crippen LogP contribution is -2.56. The zero-order valence-electron chi connectivity index (χ0n) is 28.9. The third-order valence-corrected chi connectivity index (χ3v) is 11.6. The first-order chi connectivity index (χ1) is 23.7. The van der Waals surface area contributed by atoms with Crippen LogP contribution >= 0.6 is 23.2 Å². The molecule has 15 heteroatoms. The molecule has 0 bridgehead atoms. The normalized spacial score (nSPS) is 18.0. The molecule has 1 amide bonds. The molecule has 2 saturated heterocycles. The number of hydrogen-bond donors (Lipinski definition) is 3. The Balaban J connectivity index is 0.000000174. The number of piperazine rings is 1. The van der Waals surface area contributed by atoms with Crippen LogP contribution in [-0.4, -0.2) is 105 Å². The summed E-state index contributed by atoms with van der Waals surface area (Å²) in [6, 6.07) is 15.5. The number of piperidine rings is 1. The van der Waals surface area contributed by atoms with Crippen molar-refractivity contribution in [2.75, 3.05) is 74.3 Å². The first kappa shape index (κ1) is 35.8. The molecule has 3 N–H and O–H groups in total. The Bertz CT molecular complexity index is 2090. The van der Waals surface area contributed by atoms with Gasteiger partial charge in [0.05, 0.1) is 29.7 Å². The van der Waals surface area contributed by atoms with Gasteiger partial charge in [0.15, 0.2) is 0 Å². The fraction of sp³-hybridized carbons (Fsp3) is 0.400. The highest BCUT2D eigenvalue weighted by Crippen LogP contribution is 2.39. The van der Waals surface area contributed by atoms with Crippen LogP contribution in [0.1, 0.15) is 30.6 Å². The number of H-pyrrole nitrogens is 2. The number of fused-ring (bicyclic) bond motifs is 2. The van der Waals surface area contributed by atoms with Gasteiger partial charge >= 0.3 is 0 Å². The van der Waals surface area contributed by atoms with E-state index in [0.717, 1.165) is 84.6 Å². The number of aromatic amines is 2. The lowest BCUT2D eigenvalue weighted by Gasteiger charge is -2.48. The molecule has 0 radical (unpaired) electrons. The molecular weight excluding hydrogens is 697 g/mol. The number of hydrogen-bond acceptors (Lipinski definition) is 8. The molecule has 266 valence electrons. The molecule has 1 unspecified atom stereocenters. The number of rotatable bonds is 6. The maximum absolute atomic E-state index is 11.9. The Labute approximate surface area is 302 Å². The average Bonchev–Trinajstić information content (AvgIpc) is 3.76. The number of benzene rings is 3. The summed E-state index contributed by atoms with van der Waals surface area (Å²) in [5.41, 5.74) is 5.66. The topological polar surface area (TPSA) is 134 Å². The Morgan fingerprint density at radius 2 is 1.38 bits per heavy atom. The zero-order valence-corrected chi connectivity index (χ0v) is 31.2. The van der Waals surface area contributed by atoms with E-state index in [2.05, 4.69) is 54.3 Å². The molecule has 0 spiro atoms. The fourth-order valence-corrected chi connectivity index (χ4v) is 8.43. The average molecular weight is 741 g/mol. The molecule has 7 rings (SSSR count). The van der Waals surface area contributed by atoms with Gasteiger partial charge in [-0.25, -0.2) is 12.7 Å². The smallest absolute Gasteiger partial charge is 0.251 e. The minimum absolute atomic E-state index is 0.0252. The molecule has 2 aliphatic heterocycles. The van der Waals surface area contributed by atoms with Gasteiger partial charge in [-0.2, -0.15) is 10.2 Å². The van der Waals surface area contributed by atoms with Crippen LogP contribution in [0.4, 0.5) is 17.1 Å². The second-order valence-corrected chi connectivity index (χ2v) is 16.5. The highest BCUT2D eigenvalue weighted by Gasteiger charge is 2.41. The van der Waals surface area contributed by atoms with E-state index in [-0.39, 0.29) is 17.4 Å². The minimum atomic E-state index is -3.21. The van der Waals surface area contributed by atoms with Crippen molar-refractivity contribution >= 4 is 78.0 Å². The monoisotopic (exact) mass is 739 g/mol. The molecule has 3 aromatic carbocycles. The number of nitrogens with one attached hydrogen (secondary N) is 3. The summed E-state index contributed by atoms with van der Waals surface area (Å²) in [4.78, 5) is 18.6. The van der Waals surface area contributed by atoms with Gasteiger partial charge in [0.25, 0.3) is 5.91 Å². The Kier molecular flexibility index (Phi) is 10.2. The van der Waals surface area contributed by atoms with Crippen LogP contribution in [0.15, 0.2) is 60.9 Å². The Morgan fingerprint density at radius 1 is 0.860 bits per heavy atom. The lowest BCUT2D eigenvalue weighted by molar-refractivity contribution is 0.0963. The molecule has 0 saturated carbocycles. The molecule has 50 heavy (non-hydrogen) atoms. The number of aromatic nitrogens is 4. The predicted molar refractivity (Wildman–Crippen MR) is 203 cm³/mol. The molecular formula is C35H43Cl2N9O3S. The second-order valence-electron chi connectivity index (χ2n) is 13.6. The van der Waals surface area contributed by atoms with Gasteiger partial charge in [-0.05, 0) is 60.4 Å². The van der Waals surface area contributed by atoms with E-state index < -0.39 is 10.0 Å². The van der Waals surface area contributed by atoms with Crippen LogP contribution in [0.2, 0.25) is 10.0 Å². The summed E-state index contributed by atoms with van der Waals surface area (Å²) in [7, 11) is 0.104. The highest BCUT2D eigenvalue weighted by molar-refractivity contribution is 7.88. The van der Waals surface area contributed by atoms with Crippen molar-refractivity contribution in [3.8, 4) is 0 Å². The third-order valence-electron chi connectivity index (χ3n) is 9.82. The standard InChI is InChI=1S/C19H20ClN5O.C16H23ClN4O2S/c1-21-19(26)13-2-4-15(5-3-13)24-6-8-25(9-7-24)18-11-14(20)10-17-16(18)12-22-23-17;1-16(2)10-21(6-5-15(16)20(3)24(4,22)23)14-8-11(17)7-13-12(14)9-18-19-13/h2-5,10-12H,6-9H2,1H3,(H,21,26)(H,22,23);7-9,15H,5-6,10H2,1-4H3,(H,18,19). The molecule has 5 aromatic rings. The molecule has 0 aliphatic carbocycles. The maximum atomic E-state index is 11.9. The van der Waals surface area contributed by atoms with Gasteiger partial charge in [-0.15, -0.1) is 0 Å². The van der Waals surface area contributed by atoms with Crippen molar-refractivity contribution < 1.29 is 13.2 Å². The minimum Gasteiger partial charge on any atom is -0.370 e. The highest BCUT2D eigenvalue weighted by atomic mass is 35.5. The van der Waals surface area contributed by atoms with Crippen LogP contribution in [0.3, 0.4) is 0 Å². The van der Waals surface area contributed by atoms with Crippen molar-refractivity contribution in [2.24, 2.45) is 5.41 Å². The van der Waals surface area contributed by atoms with Gasteiger partial charge in [0.2, 0.25) is 10.0 Å². The summed E-state index contributed by atoms with van der Waals surface area (Å²) in [5, 5.41) is 20.3. The molecule has 1 atom stereocenters. The molecule has 12 nitrogen and oxygen atoms in total. The Morgan fingerprint density at radius 3 is 1.88 bits per heavy atom. The van der Waals surface area contributed by atoms with Crippen molar-refractivity contribution in [3.05, 3.63) is 76.5 Å². The number of carbonyl (C=O) groups is 1. The first-order valence-electron chi connectivity index (χ1n) is 16.5. The summed E-state index contributed by atoms with van der Waals surface area (Å²) >= 11 is 12.5. The van der Waals surface area contributed by atoms with Crippen molar-refractivity contribution in [1.29, 1.82) is 0 Å². The van der Waals surface area contributed by atoms with E-state index in [9.17, 15) is 13.2 Å². The van der Waals surface area contributed by atoms with E-state index in [0.29, 0.717) is 15.6 Å². The van der Waals surface area contributed by atoms with Crippen LogP contribution in [-0.2, 0) is 10.0 Å². The van der Waals surface area contributed by atoms with Crippen molar-refractivity contribution in [3.63, 3.8) is 0 Å². The van der Waals surface area contributed by atoms with Crippen LogP contribution in [0, 0.1) is 5.41 Å². The molecule has 2 aromatic heterocycles. The van der Waals surface area contributed by atoms with Crippen LogP contribution < -0.4 is 20.0 Å². The van der Waals surface area contributed by atoms with Gasteiger partial charge in [-0.3, -0.25) is 15.0 Å². The molecule has 4 heterocycles. The number of nitrogens with zero attached hydrogens (tertiary/aromatic N) is 6. The molecule has 2 fully saturated rings. The molecule has 2 aliphatic rings. The first-order valence-corrected chi connectivity index (χ1v) is 19.1. The number of anilines is 3. The van der Waals surface area contributed by atoms with Gasteiger partial charge < -0.3 is 20.0 Å². The third kappa shape index (κ3) is 7.51. The number of carbonyl (C=O) groups excluding carboxylic acids is 1. The van der Waals surface area contributed by atoms with E-state index in [1.54, 1.807) is 14.1 Å². The quantitative estimate of drug-likeness (QED) is 0.205. The predicted octanol–water partition coefficient (Wildman–Crippen LogP) is 5.62. The van der Waals surface area contributed by atoms with E-state index in [1.807, 2.05) is 60.9 Å². The van der Waals surface area contributed by atoms with E-state index in [4.69, 9.17) is 23.2 Å². The van der Waals surface area contributed by atoms with Crippen LogP contribution in [0.25, 0.3) is 21.8 Å². The zero-order chi connectivity index (χ0) is 35.8. The maximum Gasteiger partial charge on any atom is 0.251 e. The van der Waals surface area contributed by atoms with Crippen LogP contribution in [0.5, 0.6) is 0 Å². The van der Waals surface area contributed by atoms with E-state index >= 15 is 0 Å².